The number of likely N-dealkylation sites (tertiary alicyclic amines) is 1. The Kier molecular flexibility index (Phi) is 6.93. The standard InChI is InChI=1S/C18H28N2O/c1-16(13-17-7-4-3-5-8-17)14-19-15-18-9-6-10-20(18)11-12-21-2/h3-5,7-8,13,18-19H,6,9-12,14-15H2,1-2H3/b16-13+. The van der Waals surface area contributed by atoms with E-state index < -0.39 is 0 Å². The minimum absolute atomic E-state index is 0.671. The lowest BCUT2D eigenvalue weighted by atomic mass is 10.1. The molecular formula is C18H28N2O. The summed E-state index contributed by atoms with van der Waals surface area (Å²) in [6, 6.07) is 11.2. The molecule has 0 bridgehead atoms. The van der Waals surface area contributed by atoms with Crippen LogP contribution in [0.25, 0.3) is 6.08 Å². The van der Waals surface area contributed by atoms with Gasteiger partial charge in [-0.25, -0.2) is 0 Å². The van der Waals surface area contributed by atoms with Crippen LogP contribution in [0.4, 0.5) is 0 Å². The van der Waals surface area contributed by atoms with Gasteiger partial charge in [0.1, 0.15) is 0 Å². The Morgan fingerprint density at radius 3 is 2.95 bits per heavy atom. The lowest BCUT2D eigenvalue weighted by Crippen LogP contribution is -2.39. The first-order valence-corrected chi connectivity index (χ1v) is 7.95. The molecule has 1 atom stereocenters. The molecule has 0 saturated carbocycles. The van der Waals surface area contributed by atoms with E-state index in [9.17, 15) is 0 Å². The molecule has 1 aliphatic rings. The van der Waals surface area contributed by atoms with Gasteiger partial charge in [0.15, 0.2) is 0 Å². The van der Waals surface area contributed by atoms with E-state index in [-0.39, 0.29) is 0 Å². The molecule has 1 aromatic rings. The lowest BCUT2D eigenvalue weighted by Gasteiger charge is -2.24. The molecule has 3 heteroatoms. The average molecular weight is 288 g/mol. The molecule has 1 unspecified atom stereocenters. The minimum atomic E-state index is 0.671. The number of hydrogen-bond acceptors (Lipinski definition) is 3. The van der Waals surface area contributed by atoms with Crippen molar-refractivity contribution in [3.8, 4) is 0 Å². The number of methoxy groups -OCH3 is 1. The molecule has 0 aliphatic carbocycles. The van der Waals surface area contributed by atoms with Crippen LogP contribution in [0.1, 0.15) is 25.3 Å². The maximum Gasteiger partial charge on any atom is 0.0589 e. The van der Waals surface area contributed by atoms with Crippen molar-refractivity contribution in [2.24, 2.45) is 0 Å². The van der Waals surface area contributed by atoms with Gasteiger partial charge in [-0.3, -0.25) is 4.90 Å². The highest BCUT2D eigenvalue weighted by Crippen LogP contribution is 2.16. The zero-order chi connectivity index (χ0) is 14.9. The second-order valence-corrected chi connectivity index (χ2v) is 5.86. The first-order valence-electron chi connectivity index (χ1n) is 7.95. The van der Waals surface area contributed by atoms with Crippen LogP contribution in [-0.4, -0.2) is 50.8 Å². The molecule has 116 valence electrons. The number of hydrogen-bond donors (Lipinski definition) is 1. The van der Waals surface area contributed by atoms with Crippen molar-refractivity contribution in [1.82, 2.24) is 10.2 Å². The van der Waals surface area contributed by atoms with Gasteiger partial charge >= 0.3 is 0 Å². The van der Waals surface area contributed by atoms with E-state index >= 15 is 0 Å². The monoisotopic (exact) mass is 288 g/mol. The second kappa shape index (κ2) is 8.98. The molecular weight excluding hydrogens is 260 g/mol. The van der Waals surface area contributed by atoms with Crippen molar-refractivity contribution >= 4 is 6.08 Å². The Morgan fingerprint density at radius 1 is 1.38 bits per heavy atom. The molecule has 0 aromatic heterocycles. The van der Waals surface area contributed by atoms with Gasteiger partial charge in [-0.15, -0.1) is 0 Å². The smallest absolute Gasteiger partial charge is 0.0589 e. The predicted molar refractivity (Wildman–Crippen MR) is 89.4 cm³/mol. The third kappa shape index (κ3) is 5.62. The van der Waals surface area contributed by atoms with Crippen LogP contribution in [0.15, 0.2) is 35.9 Å². The van der Waals surface area contributed by atoms with Gasteiger partial charge in [-0.1, -0.05) is 42.0 Å². The number of ether oxygens (including phenoxy) is 1. The fourth-order valence-electron chi connectivity index (χ4n) is 2.95. The summed E-state index contributed by atoms with van der Waals surface area (Å²) >= 11 is 0. The van der Waals surface area contributed by atoms with E-state index in [0.29, 0.717) is 6.04 Å². The van der Waals surface area contributed by atoms with Crippen LogP contribution in [0.2, 0.25) is 0 Å². The topological polar surface area (TPSA) is 24.5 Å². The van der Waals surface area contributed by atoms with E-state index in [4.69, 9.17) is 4.74 Å². The molecule has 1 saturated heterocycles. The van der Waals surface area contributed by atoms with E-state index in [2.05, 4.69) is 53.5 Å². The van der Waals surface area contributed by atoms with E-state index in [0.717, 1.165) is 26.2 Å². The van der Waals surface area contributed by atoms with Crippen molar-refractivity contribution in [3.63, 3.8) is 0 Å². The molecule has 0 radical (unpaired) electrons. The summed E-state index contributed by atoms with van der Waals surface area (Å²) < 4.78 is 5.19. The Labute approximate surface area is 129 Å². The van der Waals surface area contributed by atoms with E-state index in [1.807, 2.05) is 0 Å². The highest BCUT2D eigenvalue weighted by molar-refractivity contribution is 5.52. The largest absolute Gasteiger partial charge is 0.383 e. The van der Waals surface area contributed by atoms with Gasteiger partial charge < -0.3 is 10.1 Å². The van der Waals surface area contributed by atoms with Crippen molar-refractivity contribution in [2.75, 3.05) is 39.9 Å². The molecule has 1 N–H and O–H groups in total. The van der Waals surface area contributed by atoms with Crippen LogP contribution in [0, 0.1) is 0 Å². The highest BCUT2D eigenvalue weighted by Gasteiger charge is 2.23. The van der Waals surface area contributed by atoms with Crippen LogP contribution in [-0.2, 0) is 4.74 Å². The first-order chi connectivity index (χ1) is 10.3. The molecule has 21 heavy (non-hydrogen) atoms. The molecule has 1 heterocycles. The van der Waals surface area contributed by atoms with Crippen LogP contribution in [0.5, 0.6) is 0 Å². The summed E-state index contributed by atoms with van der Waals surface area (Å²) in [5.74, 6) is 0. The third-order valence-corrected chi connectivity index (χ3v) is 4.08. The number of nitrogens with one attached hydrogen (secondary N) is 1. The second-order valence-electron chi connectivity index (χ2n) is 5.86. The van der Waals surface area contributed by atoms with Gasteiger partial charge in [-0.05, 0) is 31.9 Å². The summed E-state index contributed by atoms with van der Waals surface area (Å²) in [6.45, 7) is 7.34. The molecule has 1 fully saturated rings. The number of benzene rings is 1. The van der Waals surface area contributed by atoms with E-state index in [1.165, 1.54) is 30.5 Å². The molecule has 0 amide bonds. The lowest BCUT2D eigenvalue weighted by molar-refractivity contribution is 0.140. The summed E-state index contributed by atoms with van der Waals surface area (Å²) in [4.78, 5) is 2.55. The Morgan fingerprint density at radius 2 is 2.19 bits per heavy atom. The summed E-state index contributed by atoms with van der Waals surface area (Å²) in [5.41, 5.74) is 2.65. The zero-order valence-electron chi connectivity index (χ0n) is 13.3. The fraction of sp³-hybridized carbons (Fsp3) is 0.556. The quantitative estimate of drug-likeness (QED) is 0.796. The van der Waals surface area contributed by atoms with Gasteiger partial charge in [-0.2, -0.15) is 0 Å². The Hall–Kier alpha value is -1.16. The summed E-state index contributed by atoms with van der Waals surface area (Å²) in [5, 5.41) is 3.60. The van der Waals surface area contributed by atoms with E-state index in [1.54, 1.807) is 7.11 Å². The van der Waals surface area contributed by atoms with Crippen LogP contribution < -0.4 is 5.32 Å². The molecule has 1 aliphatic heterocycles. The highest BCUT2D eigenvalue weighted by atomic mass is 16.5. The van der Waals surface area contributed by atoms with Crippen molar-refractivity contribution in [1.29, 1.82) is 0 Å². The zero-order valence-corrected chi connectivity index (χ0v) is 13.3. The normalized spacial score (nSPS) is 20.1. The minimum Gasteiger partial charge on any atom is -0.383 e. The van der Waals surface area contributed by atoms with Crippen molar-refractivity contribution in [2.45, 2.75) is 25.8 Å². The third-order valence-electron chi connectivity index (χ3n) is 4.08. The van der Waals surface area contributed by atoms with Gasteiger partial charge in [0.2, 0.25) is 0 Å². The molecule has 3 nitrogen and oxygen atoms in total. The Bertz CT molecular complexity index is 430. The predicted octanol–water partition coefficient (Wildman–Crippen LogP) is 2.79. The number of nitrogens with zero attached hydrogens (tertiary/aromatic N) is 1. The van der Waals surface area contributed by atoms with Crippen molar-refractivity contribution < 1.29 is 4.74 Å². The summed E-state index contributed by atoms with van der Waals surface area (Å²) in [6.07, 6.45) is 4.87. The average Bonchev–Trinajstić information content (AvgIpc) is 2.93. The maximum atomic E-state index is 5.19. The molecule has 1 aromatic carbocycles. The first kappa shape index (κ1) is 16.2. The number of rotatable bonds is 8. The van der Waals surface area contributed by atoms with Gasteiger partial charge in [0.05, 0.1) is 6.61 Å². The summed E-state index contributed by atoms with van der Waals surface area (Å²) in [7, 11) is 1.78. The van der Waals surface area contributed by atoms with Gasteiger partial charge in [0.25, 0.3) is 0 Å². The maximum absolute atomic E-state index is 5.19. The van der Waals surface area contributed by atoms with Gasteiger partial charge in [0, 0.05) is 32.8 Å². The Balaban J connectivity index is 1.72. The fourth-order valence-corrected chi connectivity index (χ4v) is 2.95. The SMILES string of the molecule is COCCN1CCCC1CNC/C(C)=C/c1ccccc1. The van der Waals surface area contributed by atoms with Crippen molar-refractivity contribution in [3.05, 3.63) is 41.5 Å². The van der Waals surface area contributed by atoms with Crippen LogP contribution >= 0.6 is 0 Å². The van der Waals surface area contributed by atoms with Crippen LogP contribution in [0.3, 0.4) is 0 Å². The molecule has 2 rings (SSSR count). The molecule has 0 spiro atoms.